The number of carbonyl (C=O) groups is 1. The Labute approximate surface area is 165 Å². The molecule has 2 aliphatic rings. The predicted octanol–water partition coefficient (Wildman–Crippen LogP) is 3.60. The third-order valence-corrected chi connectivity index (χ3v) is 5.33. The first-order valence-electron chi connectivity index (χ1n) is 9.77. The molecule has 0 radical (unpaired) electrons. The van der Waals surface area contributed by atoms with E-state index < -0.39 is 29.2 Å². The average Bonchev–Trinajstić information content (AvgIpc) is 2.83. The summed E-state index contributed by atoms with van der Waals surface area (Å²) < 4.78 is 11.6. The lowest BCUT2D eigenvalue weighted by atomic mass is 9.79. The summed E-state index contributed by atoms with van der Waals surface area (Å²) in [5.74, 6) is 0.324. The van der Waals surface area contributed by atoms with Crippen molar-refractivity contribution in [2.24, 2.45) is 0 Å². The standard InChI is InChI=1S/C21H29NO6/c1-20(2,3)18-15(7-6-14-9-13(23)10-17(24)27-14)19-12(8-16(18)22(25)26)11-21(4,5)28-19/h8,13-14,23H,6-7,9-11H2,1-5H3/t13-,14-/m1/s1. The number of rotatable bonds is 4. The molecule has 1 aromatic rings. The number of hydrogen-bond acceptors (Lipinski definition) is 6. The molecule has 1 fully saturated rings. The van der Waals surface area contributed by atoms with Crippen LogP contribution in [-0.4, -0.2) is 33.8 Å². The van der Waals surface area contributed by atoms with E-state index in [1.165, 1.54) is 0 Å². The number of fused-ring (bicyclic) bond motifs is 1. The molecule has 28 heavy (non-hydrogen) atoms. The first kappa shape index (κ1) is 20.6. The monoisotopic (exact) mass is 391 g/mol. The number of aliphatic hydroxyl groups excluding tert-OH is 1. The van der Waals surface area contributed by atoms with E-state index in [1.807, 2.05) is 34.6 Å². The van der Waals surface area contributed by atoms with Crippen LogP contribution >= 0.6 is 0 Å². The maximum atomic E-state index is 11.8. The van der Waals surface area contributed by atoms with E-state index in [4.69, 9.17) is 9.47 Å². The van der Waals surface area contributed by atoms with Gasteiger partial charge in [-0.05, 0) is 32.1 Å². The summed E-state index contributed by atoms with van der Waals surface area (Å²) >= 11 is 0. The van der Waals surface area contributed by atoms with Crippen molar-refractivity contribution in [3.05, 3.63) is 32.9 Å². The zero-order valence-electron chi connectivity index (χ0n) is 17.2. The molecule has 1 aromatic carbocycles. The van der Waals surface area contributed by atoms with E-state index in [-0.39, 0.29) is 17.0 Å². The zero-order chi connectivity index (χ0) is 20.9. The molecule has 0 aromatic heterocycles. The van der Waals surface area contributed by atoms with Crippen molar-refractivity contribution in [2.75, 3.05) is 0 Å². The minimum atomic E-state index is -0.695. The van der Waals surface area contributed by atoms with Gasteiger partial charge in [-0.2, -0.15) is 0 Å². The van der Waals surface area contributed by atoms with Gasteiger partial charge in [-0.3, -0.25) is 14.9 Å². The number of benzene rings is 1. The van der Waals surface area contributed by atoms with Crippen LogP contribution < -0.4 is 4.74 Å². The van der Waals surface area contributed by atoms with E-state index in [1.54, 1.807) is 6.07 Å². The number of nitro groups is 1. The van der Waals surface area contributed by atoms with Crippen LogP contribution in [0.25, 0.3) is 0 Å². The van der Waals surface area contributed by atoms with Gasteiger partial charge in [-0.1, -0.05) is 20.8 Å². The van der Waals surface area contributed by atoms with Crippen LogP contribution in [0.15, 0.2) is 6.07 Å². The number of esters is 1. The summed E-state index contributed by atoms with van der Waals surface area (Å²) in [6.45, 7) is 9.80. The van der Waals surface area contributed by atoms with Gasteiger partial charge in [-0.25, -0.2) is 0 Å². The van der Waals surface area contributed by atoms with Gasteiger partial charge in [0.25, 0.3) is 5.69 Å². The van der Waals surface area contributed by atoms with Gasteiger partial charge in [0.1, 0.15) is 17.5 Å². The largest absolute Gasteiger partial charge is 0.487 e. The smallest absolute Gasteiger partial charge is 0.308 e. The van der Waals surface area contributed by atoms with Crippen molar-refractivity contribution in [1.29, 1.82) is 0 Å². The second-order valence-corrected chi connectivity index (χ2v) is 9.53. The van der Waals surface area contributed by atoms with Crippen LogP contribution in [0.1, 0.15) is 70.6 Å². The normalized spacial score (nSPS) is 23.7. The Hall–Kier alpha value is -2.15. The molecule has 2 atom stereocenters. The molecule has 154 valence electrons. The minimum Gasteiger partial charge on any atom is -0.487 e. The van der Waals surface area contributed by atoms with Crippen molar-refractivity contribution in [2.45, 2.75) is 89.9 Å². The third-order valence-electron chi connectivity index (χ3n) is 5.33. The summed E-state index contributed by atoms with van der Waals surface area (Å²) in [6.07, 6.45) is 0.902. The van der Waals surface area contributed by atoms with E-state index in [0.29, 0.717) is 31.2 Å². The Morgan fingerprint density at radius 2 is 2.04 bits per heavy atom. The molecule has 7 nitrogen and oxygen atoms in total. The molecule has 0 unspecified atom stereocenters. The summed E-state index contributed by atoms with van der Waals surface area (Å²) in [5.41, 5.74) is 1.57. The third kappa shape index (κ3) is 4.14. The fourth-order valence-corrected chi connectivity index (χ4v) is 4.36. The van der Waals surface area contributed by atoms with Crippen molar-refractivity contribution in [3.63, 3.8) is 0 Å². The van der Waals surface area contributed by atoms with Crippen molar-refractivity contribution < 1.29 is 24.3 Å². The number of cyclic esters (lactones) is 1. The highest BCUT2D eigenvalue weighted by Gasteiger charge is 2.39. The summed E-state index contributed by atoms with van der Waals surface area (Å²) in [5, 5.41) is 21.7. The molecule has 3 rings (SSSR count). The molecular formula is C21H29NO6. The number of nitrogens with zero attached hydrogens (tertiary/aromatic N) is 1. The van der Waals surface area contributed by atoms with Gasteiger partial charge >= 0.3 is 5.97 Å². The van der Waals surface area contributed by atoms with Crippen molar-refractivity contribution in [3.8, 4) is 5.75 Å². The van der Waals surface area contributed by atoms with Crippen LogP contribution in [0.5, 0.6) is 5.75 Å². The molecule has 1 N–H and O–H groups in total. The van der Waals surface area contributed by atoms with Gasteiger partial charge in [0.2, 0.25) is 0 Å². The van der Waals surface area contributed by atoms with Gasteiger partial charge in [0, 0.05) is 35.6 Å². The molecule has 0 saturated carbocycles. The molecule has 7 heteroatoms. The first-order valence-corrected chi connectivity index (χ1v) is 9.77. The van der Waals surface area contributed by atoms with Crippen molar-refractivity contribution >= 4 is 11.7 Å². The lowest BCUT2D eigenvalue weighted by Gasteiger charge is -2.28. The molecule has 2 heterocycles. The van der Waals surface area contributed by atoms with Gasteiger partial charge < -0.3 is 14.6 Å². The zero-order valence-corrected chi connectivity index (χ0v) is 17.2. The summed E-state index contributed by atoms with van der Waals surface area (Å²) in [6, 6.07) is 1.65. The maximum Gasteiger partial charge on any atom is 0.308 e. The van der Waals surface area contributed by atoms with E-state index in [9.17, 15) is 20.0 Å². The molecule has 0 bridgehead atoms. The van der Waals surface area contributed by atoms with Gasteiger partial charge in [0.15, 0.2) is 0 Å². The molecule has 0 spiro atoms. The number of aliphatic hydroxyl groups is 1. The number of carbonyl (C=O) groups excluding carboxylic acids is 1. The van der Waals surface area contributed by atoms with Gasteiger partial charge in [0.05, 0.1) is 17.4 Å². The first-order chi connectivity index (χ1) is 12.9. The van der Waals surface area contributed by atoms with Crippen molar-refractivity contribution in [1.82, 2.24) is 0 Å². The molecular weight excluding hydrogens is 362 g/mol. The molecule has 2 aliphatic heterocycles. The quantitative estimate of drug-likeness (QED) is 0.478. The average molecular weight is 391 g/mol. The number of nitro benzene ring substituents is 1. The Morgan fingerprint density at radius 3 is 2.61 bits per heavy atom. The van der Waals surface area contributed by atoms with Crippen LogP contribution in [-0.2, 0) is 27.8 Å². The highest BCUT2D eigenvalue weighted by Crippen LogP contribution is 2.47. The predicted molar refractivity (Wildman–Crippen MR) is 104 cm³/mol. The number of ether oxygens (including phenoxy) is 2. The molecule has 0 amide bonds. The highest BCUT2D eigenvalue weighted by atomic mass is 16.6. The van der Waals surface area contributed by atoms with Crippen LogP contribution in [0.4, 0.5) is 5.69 Å². The Balaban J connectivity index is 2.03. The summed E-state index contributed by atoms with van der Waals surface area (Å²) in [7, 11) is 0. The Bertz CT molecular complexity index is 808. The van der Waals surface area contributed by atoms with E-state index >= 15 is 0 Å². The Morgan fingerprint density at radius 1 is 1.36 bits per heavy atom. The lowest BCUT2D eigenvalue weighted by molar-refractivity contribution is -0.386. The fourth-order valence-electron chi connectivity index (χ4n) is 4.36. The molecule has 1 saturated heterocycles. The van der Waals surface area contributed by atoms with E-state index in [2.05, 4.69) is 0 Å². The highest BCUT2D eigenvalue weighted by molar-refractivity contribution is 5.71. The molecule has 0 aliphatic carbocycles. The SMILES string of the molecule is CC1(C)Cc2cc([N+](=O)[O-])c(C(C)(C)C)c(CC[C@@H]3C[C@@H](O)CC(=O)O3)c2O1. The second-order valence-electron chi connectivity index (χ2n) is 9.53. The fraction of sp³-hybridized carbons (Fsp3) is 0.667. The van der Waals surface area contributed by atoms with E-state index in [0.717, 1.165) is 16.9 Å². The topological polar surface area (TPSA) is 98.9 Å². The van der Waals surface area contributed by atoms with Crippen LogP contribution in [0.3, 0.4) is 0 Å². The van der Waals surface area contributed by atoms with Gasteiger partial charge in [-0.15, -0.1) is 0 Å². The maximum absolute atomic E-state index is 11.8. The Kier molecular flexibility index (Phi) is 5.17. The minimum absolute atomic E-state index is 0.0211. The van der Waals surface area contributed by atoms with Crippen LogP contribution in [0, 0.1) is 10.1 Å². The summed E-state index contributed by atoms with van der Waals surface area (Å²) in [4.78, 5) is 23.2. The number of hydrogen-bond donors (Lipinski definition) is 1. The lowest BCUT2D eigenvalue weighted by Crippen LogP contribution is -2.33. The second kappa shape index (κ2) is 7.03. The van der Waals surface area contributed by atoms with Crippen LogP contribution in [0.2, 0.25) is 0 Å².